The zero-order valence-electron chi connectivity index (χ0n) is 13.7. The van der Waals surface area contributed by atoms with E-state index in [0.29, 0.717) is 6.04 Å². The minimum absolute atomic E-state index is 0.712. The third-order valence-corrected chi connectivity index (χ3v) is 4.65. The predicted molar refractivity (Wildman–Crippen MR) is 87.3 cm³/mol. The van der Waals surface area contributed by atoms with Gasteiger partial charge in [0.15, 0.2) is 11.5 Å². The third kappa shape index (κ3) is 4.63. The fourth-order valence-corrected chi connectivity index (χ4v) is 3.30. The van der Waals surface area contributed by atoms with E-state index >= 15 is 0 Å². The minimum atomic E-state index is 0.712. The topological polar surface area (TPSA) is 30.5 Å². The SMILES string of the molecule is CCC1CCCC(NCCc2ccc(OC)c(OC)c2)C1. The minimum Gasteiger partial charge on any atom is -0.493 e. The Balaban J connectivity index is 1.80. The lowest BCUT2D eigenvalue weighted by atomic mass is 9.84. The molecule has 3 heteroatoms. The summed E-state index contributed by atoms with van der Waals surface area (Å²) in [5.41, 5.74) is 1.29. The van der Waals surface area contributed by atoms with Crippen molar-refractivity contribution in [3.8, 4) is 11.5 Å². The van der Waals surface area contributed by atoms with Gasteiger partial charge >= 0.3 is 0 Å². The van der Waals surface area contributed by atoms with E-state index in [9.17, 15) is 0 Å². The van der Waals surface area contributed by atoms with E-state index in [-0.39, 0.29) is 0 Å². The molecule has 1 aromatic carbocycles. The molecule has 0 spiro atoms. The van der Waals surface area contributed by atoms with E-state index in [1.165, 1.54) is 37.7 Å². The summed E-state index contributed by atoms with van der Waals surface area (Å²) in [7, 11) is 3.36. The number of rotatable bonds is 7. The molecule has 0 bridgehead atoms. The molecule has 3 nitrogen and oxygen atoms in total. The van der Waals surface area contributed by atoms with Crippen molar-refractivity contribution in [2.45, 2.75) is 51.5 Å². The van der Waals surface area contributed by atoms with Gasteiger partial charge in [0.1, 0.15) is 0 Å². The predicted octanol–water partition coefficient (Wildman–Crippen LogP) is 3.80. The van der Waals surface area contributed by atoms with Gasteiger partial charge in [-0.25, -0.2) is 0 Å². The Hall–Kier alpha value is -1.22. The number of benzene rings is 1. The maximum Gasteiger partial charge on any atom is 0.160 e. The molecule has 2 atom stereocenters. The average Bonchev–Trinajstić information content (AvgIpc) is 2.55. The van der Waals surface area contributed by atoms with E-state index < -0.39 is 0 Å². The Bertz CT molecular complexity index is 433. The highest BCUT2D eigenvalue weighted by atomic mass is 16.5. The molecule has 1 N–H and O–H groups in total. The van der Waals surface area contributed by atoms with Gasteiger partial charge in [-0.3, -0.25) is 0 Å². The van der Waals surface area contributed by atoms with Crippen molar-refractivity contribution >= 4 is 0 Å². The molecule has 1 fully saturated rings. The molecule has 1 aliphatic carbocycles. The smallest absolute Gasteiger partial charge is 0.160 e. The molecule has 1 aromatic rings. The van der Waals surface area contributed by atoms with Crippen molar-refractivity contribution in [1.82, 2.24) is 5.32 Å². The van der Waals surface area contributed by atoms with Gasteiger partial charge in [0.2, 0.25) is 0 Å². The Morgan fingerprint density at radius 3 is 2.67 bits per heavy atom. The monoisotopic (exact) mass is 291 g/mol. The highest BCUT2D eigenvalue weighted by Gasteiger charge is 2.19. The van der Waals surface area contributed by atoms with Crippen LogP contribution in [0.5, 0.6) is 11.5 Å². The van der Waals surface area contributed by atoms with Crippen molar-refractivity contribution < 1.29 is 9.47 Å². The van der Waals surface area contributed by atoms with Gasteiger partial charge in [0.25, 0.3) is 0 Å². The van der Waals surface area contributed by atoms with E-state index in [0.717, 1.165) is 30.4 Å². The fraction of sp³-hybridized carbons (Fsp3) is 0.667. The van der Waals surface area contributed by atoms with Gasteiger partial charge in [0.05, 0.1) is 14.2 Å². The molecule has 1 aliphatic rings. The maximum atomic E-state index is 5.36. The van der Waals surface area contributed by atoms with Crippen LogP contribution < -0.4 is 14.8 Å². The summed E-state index contributed by atoms with van der Waals surface area (Å²) < 4.78 is 10.6. The van der Waals surface area contributed by atoms with Crippen LogP contribution in [0.4, 0.5) is 0 Å². The van der Waals surface area contributed by atoms with Crippen LogP contribution >= 0.6 is 0 Å². The average molecular weight is 291 g/mol. The van der Waals surface area contributed by atoms with Crippen LogP contribution in [0.2, 0.25) is 0 Å². The van der Waals surface area contributed by atoms with Gasteiger partial charge in [-0.05, 0) is 49.4 Å². The number of hydrogen-bond donors (Lipinski definition) is 1. The number of ether oxygens (including phenoxy) is 2. The standard InChI is InChI=1S/C18H29NO2/c1-4-14-6-5-7-16(12-14)19-11-10-15-8-9-17(20-2)18(13-15)21-3/h8-9,13-14,16,19H,4-7,10-12H2,1-3H3. The van der Waals surface area contributed by atoms with Crippen LogP contribution in [-0.4, -0.2) is 26.8 Å². The lowest BCUT2D eigenvalue weighted by molar-refractivity contribution is 0.280. The molecule has 21 heavy (non-hydrogen) atoms. The van der Waals surface area contributed by atoms with E-state index in [1.54, 1.807) is 14.2 Å². The summed E-state index contributed by atoms with van der Waals surface area (Å²) in [6, 6.07) is 6.90. The highest BCUT2D eigenvalue weighted by Crippen LogP contribution is 2.28. The van der Waals surface area contributed by atoms with Crippen LogP contribution in [0.25, 0.3) is 0 Å². The molecule has 118 valence electrons. The van der Waals surface area contributed by atoms with Crippen molar-refractivity contribution in [3.63, 3.8) is 0 Å². The second-order valence-corrected chi connectivity index (χ2v) is 6.03. The van der Waals surface area contributed by atoms with Gasteiger partial charge in [0, 0.05) is 6.04 Å². The van der Waals surface area contributed by atoms with Crippen LogP contribution in [0.15, 0.2) is 18.2 Å². The molecule has 1 saturated carbocycles. The molecule has 0 aliphatic heterocycles. The van der Waals surface area contributed by atoms with E-state index in [2.05, 4.69) is 24.4 Å². The van der Waals surface area contributed by atoms with Gasteiger partial charge in [-0.2, -0.15) is 0 Å². The first-order valence-electron chi connectivity index (χ1n) is 8.21. The summed E-state index contributed by atoms with van der Waals surface area (Å²) in [4.78, 5) is 0. The van der Waals surface area contributed by atoms with Crippen molar-refractivity contribution in [2.75, 3.05) is 20.8 Å². The molecule has 0 radical (unpaired) electrons. The van der Waals surface area contributed by atoms with Crippen LogP contribution in [0.1, 0.15) is 44.6 Å². The first kappa shape index (κ1) is 16.2. The lowest BCUT2D eigenvalue weighted by Crippen LogP contribution is -2.35. The van der Waals surface area contributed by atoms with Crippen molar-refractivity contribution in [3.05, 3.63) is 23.8 Å². The van der Waals surface area contributed by atoms with Gasteiger partial charge in [-0.1, -0.05) is 32.3 Å². The summed E-state index contributed by atoms with van der Waals surface area (Å²) >= 11 is 0. The first-order valence-corrected chi connectivity index (χ1v) is 8.21. The Morgan fingerprint density at radius 2 is 1.95 bits per heavy atom. The summed E-state index contributed by atoms with van der Waals surface area (Å²) in [6.45, 7) is 3.35. The molecule has 2 unspecified atom stereocenters. The fourth-order valence-electron chi connectivity index (χ4n) is 3.30. The van der Waals surface area contributed by atoms with E-state index in [1.807, 2.05) is 6.07 Å². The molecule has 0 saturated heterocycles. The third-order valence-electron chi connectivity index (χ3n) is 4.65. The molecule has 2 rings (SSSR count). The Labute approximate surface area is 129 Å². The summed E-state index contributed by atoms with van der Waals surface area (Å²) in [6.07, 6.45) is 7.85. The summed E-state index contributed by atoms with van der Waals surface area (Å²) in [5, 5.41) is 3.73. The van der Waals surface area contributed by atoms with Crippen molar-refractivity contribution in [2.24, 2.45) is 5.92 Å². The second-order valence-electron chi connectivity index (χ2n) is 6.03. The van der Waals surface area contributed by atoms with Gasteiger partial charge < -0.3 is 14.8 Å². The Kier molecular flexibility index (Phi) is 6.37. The van der Waals surface area contributed by atoms with Crippen molar-refractivity contribution in [1.29, 1.82) is 0 Å². The highest BCUT2D eigenvalue weighted by molar-refractivity contribution is 5.42. The molecule has 0 aromatic heterocycles. The maximum absolute atomic E-state index is 5.36. The normalized spacial score (nSPS) is 22.0. The quantitative estimate of drug-likeness (QED) is 0.829. The zero-order chi connectivity index (χ0) is 15.1. The second kappa shape index (κ2) is 8.28. The molecular formula is C18H29NO2. The zero-order valence-corrected chi connectivity index (χ0v) is 13.7. The molecule has 0 amide bonds. The van der Waals surface area contributed by atoms with Crippen LogP contribution in [-0.2, 0) is 6.42 Å². The lowest BCUT2D eigenvalue weighted by Gasteiger charge is -2.29. The molecule has 0 heterocycles. The molecular weight excluding hydrogens is 262 g/mol. The Morgan fingerprint density at radius 1 is 1.14 bits per heavy atom. The summed E-state index contributed by atoms with van der Waals surface area (Å²) in [5.74, 6) is 2.54. The number of methoxy groups -OCH3 is 2. The number of hydrogen-bond acceptors (Lipinski definition) is 3. The van der Waals surface area contributed by atoms with Crippen LogP contribution in [0, 0.1) is 5.92 Å². The van der Waals surface area contributed by atoms with Crippen LogP contribution in [0.3, 0.4) is 0 Å². The van der Waals surface area contributed by atoms with E-state index in [4.69, 9.17) is 9.47 Å². The van der Waals surface area contributed by atoms with Gasteiger partial charge in [-0.15, -0.1) is 0 Å². The first-order chi connectivity index (χ1) is 10.3. The number of nitrogens with one attached hydrogen (secondary N) is 1. The largest absolute Gasteiger partial charge is 0.493 e.